The quantitative estimate of drug-likeness (QED) is 0.178. The minimum atomic E-state index is -0.576. The molecule has 2 aliphatic rings. The average Bonchev–Trinajstić information content (AvgIpc) is 3.82. The highest BCUT2D eigenvalue weighted by Crippen LogP contribution is 2.63. The summed E-state index contributed by atoms with van der Waals surface area (Å²) in [5.41, 5.74) is 17.3. The van der Waals surface area contributed by atoms with E-state index in [9.17, 15) is 0 Å². The zero-order valence-corrected chi connectivity index (χ0v) is 32.1. The molecule has 1 unspecified atom stereocenters. The lowest BCUT2D eigenvalue weighted by Gasteiger charge is -2.40. The van der Waals surface area contributed by atoms with E-state index < -0.39 is 5.41 Å². The van der Waals surface area contributed by atoms with Crippen molar-refractivity contribution in [1.82, 2.24) is 0 Å². The molecule has 59 heavy (non-hydrogen) atoms. The summed E-state index contributed by atoms with van der Waals surface area (Å²) in [5.74, 6) is 0. The summed E-state index contributed by atoms with van der Waals surface area (Å²) < 4.78 is 6.52. The number of rotatable bonds is 4. The second-order valence-corrected chi connectivity index (χ2v) is 16.0. The van der Waals surface area contributed by atoms with Gasteiger partial charge in [0.05, 0.1) is 5.41 Å². The van der Waals surface area contributed by atoms with E-state index in [1.807, 2.05) is 6.07 Å². The zero-order chi connectivity index (χ0) is 38.7. The number of hydrogen-bond donors (Lipinski definition) is 0. The summed E-state index contributed by atoms with van der Waals surface area (Å²) >= 11 is 0. The van der Waals surface area contributed by atoms with Gasteiger partial charge in [-0.05, 0) is 120 Å². The first kappa shape index (κ1) is 32.4. The minimum absolute atomic E-state index is 0.576. The van der Waals surface area contributed by atoms with E-state index in [2.05, 4.69) is 211 Å². The van der Waals surface area contributed by atoms with Gasteiger partial charge < -0.3 is 9.32 Å². The van der Waals surface area contributed by atoms with Gasteiger partial charge in [0.1, 0.15) is 11.2 Å². The molecule has 2 nitrogen and oxygen atoms in total. The lowest BCUT2D eigenvalue weighted by atomic mass is 9.61. The number of nitrogens with zero attached hydrogens (tertiary/aromatic N) is 1. The van der Waals surface area contributed by atoms with Crippen LogP contribution < -0.4 is 4.90 Å². The van der Waals surface area contributed by atoms with Gasteiger partial charge in [-0.1, -0.05) is 164 Å². The first-order chi connectivity index (χ1) is 29.3. The van der Waals surface area contributed by atoms with Crippen molar-refractivity contribution in [2.24, 2.45) is 0 Å². The van der Waals surface area contributed by atoms with Crippen LogP contribution in [0.4, 0.5) is 17.1 Å². The summed E-state index contributed by atoms with van der Waals surface area (Å²) in [6.07, 6.45) is 0. The maximum absolute atomic E-state index is 6.52. The minimum Gasteiger partial charge on any atom is -0.456 e. The molecular formula is C57H35NO. The van der Waals surface area contributed by atoms with E-state index >= 15 is 0 Å². The largest absolute Gasteiger partial charge is 0.456 e. The molecule has 0 saturated heterocycles. The fraction of sp³-hybridized carbons (Fsp3) is 0.0175. The van der Waals surface area contributed by atoms with Gasteiger partial charge in [0.2, 0.25) is 0 Å². The van der Waals surface area contributed by atoms with Crippen molar-refractivity contribution in [3.8, 4) is 33.4 Å². The molecule has 13 rings (SSSR count). The van der Waals surface area contributed by atoms with Gasteiger partial charge in [0.25, 0.3) is 0 Å². The third kappa shape index (κ3) is 4.46. The van der Waals surface area contributed by atoms with Crippen molar-refractivity contribution < 1.29 is 4.42 Å². The normalized spacial score (nSPS) is 14.8. The van der Waals surface area contributed by atoms with Gasteiger partial charge >= 0.3 is 0 Å². The summed E-state index contributed by atoms with van der Waals surface area (Å²) in [6.45, 7) is 0. The third-order valence-corrected chi connectivity index (χ3v) is 13.0. The van der Waals surface area contributed by atoms with Crippen LogP contribution in [0.25, 0.3) is 76.9 Å². The number of fused-ring (bicyclic) bond motifs is 13. The molecule has 0 bridgehead atoms. The molecule has 11 aromatic rings. The van der Waals surface area contributed by atoms with Crippen LogP contribution in [0.3, 0.4) is 0 Å². The van der Waals surface area contributed by atoms with Gasteiger partial charge in [-0.25, -0.2) is 0 Å². The van der Waals surface area contributed by atoms with Crippen molar-refractivity contribution in [2.45, 2.75) is 5.41 Å². The Balaban J connectivity index is 1.14. The Morgan fingerprint density at radius 1 is 0.339 bits per heavy atom. The highest BCUT2D eigenvalue weighted by molar-refractivity contribution is 6.09. The van der Waals surface area contributed by atoms with Crippen molar-refractivity contribution in [2.75, 3.05) is 4.90 Å². The van der Waals surface area contributed by atoms with Crippen LogP contribution in [0.2, 0.25) is 0 Å². The molecule has 10 aromatic carbocycles. The predicted molar refractivity (Wildman–Crippen MR) is 245 cm³/mol. The van der Waals surface area contributed by atoms with Crippen LogP contribution in [-0.2, 0) is 5.41 Å². The fourth-order valence-corrected chi connectivity index (χ4v) is 10.6. The van der Waals surface area contributed by atoms with Crippen molar-refractivity contribution in [3.63, 3.8) is 0 Å². The van der Waals surface area contributed by atoms with Crippen LogP contribution >= 0.6 is 0 Å². The molecule has 1 spiro atoms. The molecule has 0 radical (unpaired) electrons. The smallest absolute Gasteiger partial charge is 0.137 e. The average molecular weight is 750 g/mol. The lowest BCUT2D eigenvalue weighted by Crippen LogP contribution is -2.32. The summed E-state index contributed by atoms with van der Waals surface area (Å²) in [5, 5.41) is 7.24. The molecule has 1 aromatic heterocycles. The molecule has 0 aliphatic heterocycles. The molecule has 1 atom stereocenters. The summed E-state index contributed by atoms with van der Waals surface area (Å²) in [6, 6.07) is 78.3. The Morgan fingerprint density at radius 2 is 0.966 bits per heavy atom. The standard InChI is InChI=1S/C57H35NO/c1-2-14-37(15-3-1)43-21-12-25-51-56(43)48-32-30-41(34-52(48)57(51)49-23-8-6-19-44(49)47-22-10-17-38-18-11-24-50(57)55(38)47)58(40-28-27-36-13-4-5-16-39(36)33-40)42-29-31-46-45-20-7-9-26-53(45)59-54(46)35-42/h1-35H. The van der Waals surface area contributed by atoms with E-state index in [-0.39, 0.29) is 0 Å². The van der Waals surface area contributed by atoms with E-state index in [4.69, 9.17) is 4.42 Å². The highest BCUT2D eigenvalue weighted by Gasteiger charge is 2.51. The SMILES string of the molecule is c1ccc(-c2cccc3c2-c2ccc(N(c4ccc5ccccc5c4)c4ccc5c(c4)oc4ccccc45)cc2C32c3ccccc3-c3cccc4cccc2c34)cc1. The Hall–Kier alpha value is -7.68. The summed E-state index contributed by atoms with van der Waals surface area (Å²) in [4.78, 5) is 2.41. The maximum atomic E-state index is 6.52. The topological polar surface area (TPSA) is 16.4 Å². The first-order valence-corrected chi connectivity index (χ1v) is 20.4. The number of para-hydroxylation sites is 1. The van der Waals surface area contributed by atoms with E-state index in [0.717, 1.165) is 39.0 Å². The third-order valence-electron chi connectivity index (χ3n) is 13.0. The van der Waals surface area contributed by atoms with Gasteiger partial charge in [-0.15, -0.1) is 0 Å². The van der Waals surface area contributed by atoms with Gasteiger partial charge in [-0.3, -0.25) is 0 Å². The lowest BCUT2D eigenvalue weighted by molar-refractivity contribution is 0.669. The monoisotopic (exact) mass is 749 g/mol. The Labute approximate surface area is 341 Å². The van der Waals surface area contributed by atoms with Gasteiger partial charge in [0, 0.05) is 33.9 Å². The molecule has 0 saturated carbocycles. The molecule has 0 amide bonds. The molecule has 274 valence electrons. The molecule has 2 heteroatoms. The first-order valence-electron chi connectivity index (χ1n) is 20.4. The zero-order valence-electron chi connectivity index (χ0n) is 32.1. The second-order valence-electron chi connectivity index (χ2n) is 16.0. The molecule has 1 heterocycles. The number of hydrogen-bond acceptors (Lipinski definition) is 2. The molecule has 0 fully saturated rings. The van der Waals surface area contributed by atoms with Gasteiger partial charge in [0.15, 0.2) is 0 Å². The molecular weight excluding hydrogens is 715 g/mol. The second kappa shape index (κ2) is 12.2. The predicted octanol–water partition coefficient (Wildman–Crippen LogP) is 15.4. The van der Waals surface area contributed by atoms with Crippen LogP contribution in [0.5, 0.6) is 0 Å². The molecule has 0 N–H and O–H groups in total. The number of furan rings is 1. The Morgan fingerprint density at radius 3 is 1.90 bits per heavy atom. The van der Waals surface area contributed by atoms with Crippen LogP contribution in [0.1, 0.15) is 22.3 Å². The van der Waals surface area contributed by atoms with E-state index in [1.165, 1.54) is 77.2 Å². The van der Waals surface area contributed by atoms with Crippen molar-refractivity contribution >= 4 is 60.5 Å². The highest BCUT2D eigenvalue weighted by atomic mass is 16.3. The summed E-state index contributed by atoms with van der Waals surface area (Å²) in [7, 11) is 0. The van der Waals surface area contributed by atoms with Crippen molar-refractivity contribution in [3.05, 3.63) is 235 Å². The van der Waals surface area contributed by atoms with Crippen LogP contribution in [-0.4, -0.2) is 0 Å². The Bertz CT molecular complexity index is 3520. The van der Waals surface area contributed by atoms with Gasteiger partial charge in [-0.2, -0.15) is 0 Å². The number of anilines is 3. The molecule has 2 aliphatic carbocycles. The van der Waals surface area contributed by atoms with E-state index in [0.29, 0.717) is 0 Å². The van der Waals surface area contributed by atoms with Crippen molar-refractivity contribution in [1.29, 1.82) is 0 Å². The fourth-order valence-electron chi connectivity index (χ4n) is 10.6. The Kier molecular flexibility index (Phi) is 6.68. The maximum Gasteiger partial charge on any atom is 0.137 e. The number of benzene rings is 10. The van der Waals surface area contributed by atoms with Crippen LogP contribution in [0, 0.1) is 0 Å². The van der Waals surface area contributed by atoms with E-state index in [1.54, 1.807) is 0 Å². The van der Waals surface area contributed by atoms with Crippen LogP contribution in [0.15, 0.2) is 217 Å².